The van der Waals surface area contributed by atoms with E-state index in [1.165, 1.54) is 20.1 Å². The summed E-state index contributed by atoms with van der Waals surface area (Å²) >= 11 is 12.3. The quantitative estimate of drug-likeness (QED) is 0.0953. The number of ether oxygens (including phenoxy) is 4. The summed E-state index contributed by atoms with van der Waals surface area (Å²) in [4.78, 5) is 42.0. The number of hydrogen-bond acceptors (Lipinski definition) is 8. The van der Waals surface area contributed by atoms with E-state index in [1.54, 1.807) is 32.0 Å². The molecule has 0 aliphatic carbocycles. The Morgan fingerprint density at radius 3 is 2.23 bits per heavy atom. The molecule has 216 valence electrons. The van der Waals surface area contributed by atoms with E-state index in [0.717, 1.165) is 0 Å². The second kappa shape index (κ2) is 16.2. The number of benzene rings is 1. The van der Waals surface area contributed by atoms with E-state index in [4.69, 9.17) is 42.1 Å². The zero-order valence-corrected chi connectivity index (χ0v) is 25.2. The Labute approximate surface area is 240 Å². The number of aliphatic imine (C=N–C) groups is 1. The predicted octanol–water partition coefficient (Wildman–Crippen LogP) is 5.88. The lowest BCUT2D eigenvalue weighted by molar-refractivity contribution is -0.158. The summed E-state index contributed by atoms with van der Waals surface area (Å²) in [5.41, 5.74) is -0.324. The van der Waals surface area contributed by atoms with Crippen LogP contribution in [0.4, 0.5) is 0 Å². The van der Waals surface area contributed by atoms with Crippen molar-refractivity contribution in [3.8, 4) is 5.75 Å². The summed E-state index contributed by atoms with van der Waals surface area (Å²) in [6, 6.07) is 3.81. The molecule has 1 aromatic rings. The minimum atomic E-state index is -1.04. The van der Waals surface area contributed by atoms with Gasteiger partial charge in [0, 0.05) is 11.9 Å². The topological polar surface area (TPSA) is 113 Å². The molecule has 0 bridgehead atoms. The summed E-state index contributed by atoms with van der Waals surface area (Å²) in [5.74, 6) is -1.92. The number of hydrogen-bond donors (Lipinski definition) is 1. The first kappa shape index (κ1) is 34.0. The molecule has 9 nitrogen and oxygen atoms in total. The minimum absolute atomic E-state index is 0.0188. The van der Waals surface area contributed by atoms with Gasteiger partial charge in [0.15, 0.2) is 11.5 Å². The van der Waals surface area contributed by atoms with E-state index in [2.05, 4.69) is 17.0 Å². The SMILES string of the molecule is C=N/C(C(=O)N[C@@H](CC(C)C)C(=O)O[C@@H](C)[C@H](Oc1ccc(Cl)cc1Cl)C(C)C)=C(OC(C)=O)\C(=C/C)OC. The molecule has 11 heteroatoms. The smallest absolute Gasteiger partial charge is 0.329 e. The Hall–Kier alpha value is -3.04. The van der Waals surface area contributed by atoms with Crippen molar-refractivity contribution in [3.63, 3.8) is 0 Å². The first-order chi connectivity index (χ1) is 18.2. The van der Waals surface area contributed by atoms with Gasteiger partial charge in [-0.15, -0.1) is 0 Å². The molecule has 0 radical (unpaired) electrons. The van der Waals surface area contributed by atoms with Crippen LogP contribution in [0, 0.1) is 11.8 Å². The summed E-state index contributed by atoms with van der Waals surface area (Å²) in [7, 11) is 1.35. The van der Waals surface area contributed by atoms with Crippen molar-refractivity contribution in [1.29, 1.82) is 0 Å². The third kappa shape index (κ3) is 10.6. The average Bonchev–Trinajstić information content (AvgIpc) is 2.83. The molecule has 0 saturated heterocycles. The van der Waals surface area contributed by atoms with Crippen LogP contribution in [0.1, 0.15) is 54.9 Å². The fourth-order valence-electron chi connectivity index (χ4n) is 3.68. The lowest BCUT2D eigenvalue weighted by Gasteiger charge is -2.30. The summed E-state index contributed by atoms with van der Waals surface area (Å²) in [5, 5.41) is 3.43. The lowest BCUT2D eigenvalue weighted by atomic mass is 10.0. The molecular formula is C28H38Cl2N2O7. The monoisotopic (exact) mass is 584 g/mol. The number of halogens is 2. The highest BCUT2D eigenvalue weighted by molar-refractivity contribution is 6.35. The van der Waals surface area contributed by atoms with Gasteiger partial charge in [-0.05, 0) is 63.1 Å². The van der Waals surface area contributed by atoms with Crippen molar-refractivity contribution in [2.45, 2.75) is 73.1 Å². The molecule has 0 unspecified atom stereocenters. The third-order valence-corrected chi connectivity index (χ3v) is 5.95. The maximum absolute atomic E-state index is 13.3. The van der Waals surface area contributed by atoms with E-state index in [1.807, 2.05) is 27.7 Å². The van der Waals surface area contributed by atoms with Crippen molar-refractivity contribution in [1.82, 2.24) is 5.32 Å². The van der Waals surface area contributed by atoms with Gasteiger partial charge in [0.05, 0.1) is 12.1 Å². The molecule has 0 heterocycles. The van der Waals surface area contributed by atoms with Crippen LogP contribution in [0.2, 0.25) is 10.0 Å². The number of amides is 1. The molecule has 0 aliphatic heterocycles. The standard InChI is InChI=1S/C28H38Cl2N2O7/c1-10-22(36-9)26(38-18(7)33)24(31-8)27(34)32-21(13-15(2)3)28(35)37-17(6)25(16(4)5)39-23-12-11-19(29)14-20(23)30/h10-12,14-17,21,25H,8,13H2,1-7,9H3,(H,32,34)/b22-10+,26-24+/t17-,21-,25+/m0/s1. The second-order valence-electron chi connectivity index (χ2n) is 9.49. The molecule has 0 saturated carbocycles. The second-order valence-corrected chi connectivity index (χ2v) is 10.3. The number of esters is 2. The fraction of sp³-hybridized carbons (Fsp3) is 0.500. The van der Waals surface area contributed by atoms with Gasteiger partial charge >= 0.3 is 11.9 Å². The number of methoxy groups -OCH3 is 1. The molecule has 39 heavy (non-hydrogen) atoms. The van der Waals surface area contributed by atoms with Crippen LogP contribution in [0.15, 0.2) is 46.5 Å². The highest BCUT2D eigenvalue weighted by Gasteiger charge is 2.32. The van der Waals surface area contributed by atoms with Gasteiger partial charge in [-0.3, -0.25) is 14.6 Å². The Balaban J connectivity index is 3.24. The Morgan fingerprint density at radius 2 is 1.77 bits per heavy atom. The normalized spacial score (nSPS) is 14.6. The van der Waals surface area contributed by atoms with Crippen molar-refractivity contribution >= 4 is 47.8 Å². The third-order valence-electron chi connectivity index (χ3n) is 5.42. The van der Waals surface area contributed by atoms with E-state index in [0.29, 0.717) is 15.8 Å². The molecule has 1 amide bonds. The van der Waals surface area contributed by atoms with Crippen molar-refractivity contribution in [2.24, 2.45) is 16.8 Å². The van der Waals surface area contributed by atoms with Crippen molar-refractivity contribution < 1.29 is 33.3 Å². The number of nitrogens with one attached hydrogen (secondary N) is 1. The average molecular weight is 586 g/mol. The van der Waals surface area contributed by atoms with Crippen molar-refractivity contribution in [3.05, 3.63) is 51.5 Å². The molecule has 0 spiro atoms. The van der Waals surface area contributed by atoms with Crippen molar-refractivity contribution in [2.75, 3.05) is 7.11 Å². The molecule has 1 rings (SSSR count). The van der Waals surface area contributed by atoms with Gasteiger partial charge in [-0.25, -0.2) is 4.79 Å². The largest absolute Gasteiger partial charge is 0.493 e. The Bertz CT molecular complexity index is 1100. The number of allylic oxidation sites excluding steroid dienone is 1. The molecule has 0 aromatic heterocycles. The lowest BCUT2D eigenvalue weighted by Crippen LogP contribution is -2.46. The van der Waals surface area contributed by atoms with Gasteiger partial charge in [-0.1, -0.05) is 50.9 Å². The highest BCUT2D eigenvalue weighted by atomic mass is 35.5. The van der Waals surface area contributed by atoms with Crippen LogP contribution in [-0.2, 0) is 28.6 Å². The van der Waals surface area contributed by atoms with Crippen LogP contribution in [0.3, 0.4) is 0 Å². The number of carbonyl (C=O) groups is 3. The van der Waals surface area contributed by atoms with E-state index in [9.17, 15) is 14.4 Å². The van der Waals surface area contributed by atoms with Gasteiger partial charge < -0.3 is 24.3 Å². The number of rotatable bonds is 14. The maximum Gasteiger partial charge on any atom is 0.329 e. The highest BCUT2D eigenvalue weighted by Crippen LogP contribution is 2.30. The van der Waals surface area contributed by atoms with Crippen LogP contribution in [0.5, 0.6) is 5.75 Å². The summed E-state index contributed by atoms with van der Waals surface area (Å²) < 4.78 is 22.3. The molecule has 1 N–H and O–H groups in total. The molecule has 1 aromatic carbocycles. The van der Waals surface area contributed by atoms with Crippen LogP contribution >= 0.6 is 23.2 Å². The maximum atomic E-state index is 13.3. The fourth-order valence-corrected chi connectivity index (χ4v) is 4.14. The number of carbonyl (C=O) groups excluding carboxylic acids is 3. The molecule has 0 aliphatic rings. The van der Waals surface area contributed by atoms with E-state index in [-0.39, 0.29) is 35.5 Å². The van der Waals surface area contributed by atoms with Gasteiger partial charge in [0.25, 0.3) is 5.91 Å². The summed E-state index contributed by atoms with van der Waals surface area (Å²) in [6.07, 6.45) is 0.504. The first-order valence-corrected chi connectivity index (χ1v) is 13.2. The first-order valence-electron chi connectivity index (χ1n) is 12.5. The van der Waals surface area contributed by atoms with Crippen LogP contribution < -0.4 is 10.1 Å². The minimum Gasteiger partial charge on any atom is -0.493 e. The number of nitrogens with zero attached hydrogens (tertiary/aromatic N) is 1. The van der Waals surface area contributed by atoms with E-state index >= 15 is 0 Å². The van der Waals surface area contributed by atoms with Crippen LogP contribution in [-0.4, -0.2) is 49.9 Å². The Morgan fingerprint density at radius 1 is 1.13 bits per heavy atom. The Kier molecular flexibility index (Phi) is 14.1. The molecule has 0 fully saturated rings. The predicted molar refractivity (Wildman–Crippen MR) is 152 cm³/mol. The zero-order valence-electron chi connectivity index (χ0n) is 23.7. The molecule has 3 atom stereocenters. The van der Waals surface area contributed by atoms with Gasteiger partial charge in [-0.2, -0.15) is 0 Å². The summed E-state index contributed by atoms with van der Waals surface area (Å²) in [6.45, 7) is 15.6. The molecular weight excluding hydrogens is 547 g/mol. The van der Waals surface area contributed by atoms with Gasteiger partial charge in [0.1, 0.15) is 24.0 Å². The zero-order chi connectivity index (χ0) is 29.9. The van der Waals surface area contributed by atoms with Crippen LogP contribution in [0.25, 0.3) is 0 Å². The van der Waals surface area contributed by atoms with Gasteiger partial charge in [0.2, 0.25) is 5.76 Å². The van der Waals surface area contributed by atoms with E-state index < -0.39 is 36.1 Å².